The lowest BCUT2D eigenvalue weighted by Gasteiger charge is -2.36. The summed E-state index contributed by atoms with van der Waals surface area (Å²) in [5.74, 6) is 0. The van der Waals surface area contributed by atoms with Crippen molar-refractivity contribution >= 4 is 0 Å². The fourth-order valence-corrected chi connectivity index (χ4v) is 2.92. The van der Waals surface area contributed by atoms with Crippen molar-refractivity contribution in [2.75, 3.05) is 39.8 Å². The van der Waals surface area contributed by atoms with E-state index in [1.165, 1.54) is 58.4 Å². The van der Waals surface area contributed by atoms with Crippen molar-refractivity contribution in [1.82, 2.24) is 15.1 Å². The molecule has 0 amide bonds. The maximum Gasteiger partial charge on any atom is 0.00940 e. The summed E-state index contributed by atoms with van der Waals surface area (Å²) in [5, 5.41) is 3.87. The van der Waals surface area contributed by atoms with E-state index in [9.17, 15) is 0 Å². The molecule has 2 saturated heterocycles. The Bertz CT molecular complexity index is 192. The molecule has 2 aliphatic heterocycles. The van der Waals surface area contributed by atoms with Gasteiger partial charge < -0.3 is 15.1 Å². The Labute approximate surface area is 114 Å². The van der Waals surface area contributed by atoms with Crippen molar-refractivity contribution in [3.63, 3.8) is 0 Å². The van der Waals surface area contributed by atoms with Gasteiger partial charge in [-0.1, -0.05) is 20.8 Å². The third kappa shape index (κ3) is 5.25. The van der Waals surface area contributed by atoms with E-state index >= 15 is 0 Å². The normalized spacial score (nSPS) is 24.7. The minimum atomic E-state index is 0.786. The summed E-state index contributed by atoms with van der Waals surface area (Å²) in [6.07, 6.45) is 5.37. The fraction of sp³-hybridized carbons (Fsp3) is 1.00. The molecule has 0 atom stereocenters. The lowest BCUT2D eigenvalue weighted by atomic mass is 10.00. The summed E-state index contributed by atoms with van der Waals surface area (Å²) in [6.45, 7) is 12.6. The highest BCUT2D eigenvalue weighted by atomic mass is 15.1. The molecule has 0 saturated carbocycles. The molecule has 0 unspecified atom stereocenters. The second-order valence-corrected chi connectivity index (χ2v) is 5.45. The minimum absolute atomic E-state index is 0.786. The number of nitrogens with zero attached hydrogens (tertiary/aromatic N) is 2. The monoisotopic (exact) mass is 255 g/mol. The van der Waals surface area contributed by atoms with E-state index in [1.54, 1.807) is 0 Å². The van der Waals surface area contributed by atoms with Crippen molar-refractivity contribution in [1.29, 1.82) is 0 Å². The van der Waals surface area contributed by atoms with Crippen LogP contribution in [0.5, 0.6) is 0 Å². The standard InChI is InChI=1S/C13H27N3.C2H6/c1-3-16-10-6-13(7-11-16)14-12-4-8-15(2)9-5-12;1-2/h12-14H,3-11H2,1-2H3;1-2H3. The molecule has 0 bridgehead atoms. The zero-order valence-corrected chi connectivity index (χ0v) is 12.9. The van der Waals surface area contributed by atoms with Crippen molar-refractivity contribution in [2.45, 2.75) is 58.5 Å². The molecule has 3 heteroatoms. The molecular weight excluding hydrogens is 222 g/mol. The molecule has 0 aromatic heterocycles. The van der Waals surface area contributed by atoms with Crippen LogP contribution in [0.1, 0.15) is 46.5 Å². The van der Waals surface area contributed by atoms with E-state index < -0.39 is 0 Å². The van der Waals surface area contributed by atoms with Gasteiger partial charge in [-0.05, 0) is 65.5 Å². The quantitative estimate of drug-likeness (QED) is 0.834. The molecule has 0 aromatic carbocycles. The maximum atomic E-state index is 3.87. The van der Waals surface area contributed by atoms with Gasteiger partial charge in [0, 0.05) is 12.1 Å². The molecule has 2 fully saturated rings. The van der Waals surface area contributed by atoms with Crippen molar-refractivity contribution in [3.05, 3.63) is 0 Å². The number of nitrogens with one attached hydrogen (secondary N) is 1. The van der Waals surface area contributed by atoms with Gasteiger partial charge in [-0.3, -0.25) is 0 Å². The number of hydrogen-bond acceptors (Lipinski definition) is 3. The molecule has 2 heterocycles. The summed E-state index contributed by atoms with van der Waals surface area (Å²) in [4.78, 5) is 5.00. The van der Waals surface area contributed by atoms with Crippen molar-refractivity contribution in [2.24, 2.45) is 0 Å². The Balaban J connectivity index is 0.000000771. The Kier molecular flexibility index (Phi) is 7.87. The number of rotatable bonds is 3. The SMILES string of the molecule is CC.CCN1CCC(NC2CCN(C)CC2)CC1. The van der Waals surface area contributed by atoms with Gasteiger partial charge in [0.25, 0.3) is 0 Å². The van der Waals surface area contributed by atoms with E-state index in [0.717, 1.165) is 12.1 Å². The van der Waals surface area contributed by atoms with Gasteiger partial charge in [-0.25, -0.2) is 0 Å². The molecule has 2 aliphatic rings. The predicted octanol–water partition coefficient (Wildman–Crippen LogP) is 2.18. The van der Waals surface area contributed by atoms with Gasteiger partial charge in [0.05, 0.1) is 0 Å². The van der Waals surface area contributed by atoms with E-state index in [4.69, 9.17) is 0 Å². The van der Waals surface area contributed by atoms with E-state index in [0.29, 0.717) is 0 Å². The van der Waals surface area contributed by atoms with Crippen LogP contribution in [0, 0.1) is 0 Å². The zero-order chi connectivity index (χ0) is 13.4. The lowest BCUT2D eigenvalue weighted by Crippen LogP contribution is -2.49. The van der Waals surface area contributed by atoms with E-state index in [1.807, 2.05) is 13.8 Å². The third-order valence-corrected chi connectivity index (χ3v) is 4.22. The van der Waals surface area contributed by atoms with E-state index in [2.05, 4.69) is 29.1 Å². The van der Waals surface area contributed by atoms with Gasteiger partial charge in [0.15, 0.2) is 0 Å². The highest BCUT2D eigenvalue weighted by Gasteiger charge is 2.22. The smallest absolute Gasteiger partial charge is 0.00940 e. The first-order valence-electron chi connectivity index (χ1n) is 7.95. The van der Waals surface area contributed by atoms with Crippen LogP contribution in [0.4, 0.5) is 0 Å². The van der Waals surface area contributed by atoms with E-state index in [-0.39, 0.29) is 0 Å². The molecule has 0 radical (unpaired) electrons. The average Bonchev–Trinajstić information content (AvgIpc) is 2.44. The summed E-state index contributed by atoms with van der Waals surface area (Å²) in [5.41, 5.74) is 0. The highest BCUT2D eigenvalue weighted by Crippen LogP contribution is 2.14. The summed E-state index contributed by atoms with van der Waals surface area (Å²) >= 11 is 0. The molecule has 0 spiro atoms. The molecule has 0 aromatic rings. The molecule has 1 N–H and O–H groups in total. The first-order valence-corrected chi connectivity index (χ1v) is 7.95. The van der Waals surface area contributed by atoms with Crippen LogP contribution in [-0.2, 0) is 0 Å². The van der Waals surface area contributed by atoms with Crippen molar-refractivity contribution in [3.8, 4) is 0 Å². The molecule has 3 nitrogen and oxygen atoms in total. The largest absolute Gasteiger partial charge is 0.311 e. The Morgan fingerprint density at radius 1 is 0.889 bits per heavy atom. The second-order valence-electron chi connectivity index (χ2n) is 5.45. The van der Waals surface area contributed by atoms with Gasteiger partial charge in [-0.15, -0.1) is 0 Å². The van der Waals surface area contributed by atoms with Gasteiger partial charge in [0.1, 0.15) is 0 Å². The van der Waals surface area contributed by atoms with Gasteiger partial charge in [-0.2, -0.15) is 0 Å². The topological polar surface area (TPSA) is 18.5 Å². The first kappa shape index (κ1) is 15.9. The molecular formula is C15H33N3. The van der Waals surface area contributed by atoms with Crippen LogP contribution >= 0.6 is 0 Å². The van der Waals surface area contributed by atoms with Crippen LogP contribution in [0.15, 0.2) is 0 Å². The van der Waals surface area contributed by atoms with Crippen LogP contribution in [-0.4, -0.2) is 61.7 Å². The summed E-state index contributed by atoms with van der Waals surface area (Å²) < 4.78 is 0. The maximum absolute atomic E-state index is 3.87. The molecule has 18 heavy (non-hydrogen) atoms. The second kappa shape index (κ2) is 8.89. The summed E-state index contributed by atoms with van der Waals surface area (Å²) in [7, 11) is 2.23. The number of likely N-dealkylation sites (tertiary alicyclic amines) is 2. The van der Waals surface area contributed by atoms with Gasteiger partial charge >= 0.3 is 0 Å². The Morgan fingerprint density at radius 2 is 1.33 bits per heavy atom. The first-order chi connectivity index (χ1) is 8.78. The summed E-state index contributed by atoms with van der Waals surface area (Å²) in [6, 6.07) is 1.57. The highest BCUT2D eigenvalue weighted by molar-refractivity contribution is 4.83. The predicted molar refractivity (Wildman–Crippen MR) is 80.1 cm³/mol. The van der Waals surface area contributed by atoms with Crippen LogP contribution < -0.4 is 5.32 Å². The van der Waals surface area contributed by atoms with Crippen LogP contribution in [0.2, 0.25) is 0 Å². The number of hydrogen-bond donors (Lipinski definition) is 1. The molecule has 0 aliphatic carbocycles. The van der Waals surface area contributed by atoms with Crippen LogP contribution in [0.25, 0.3) is 0 Å². The van der Waals surface area contributed by atoms with Crippen molar-refractivity contribution < 1.29 is 0 Å². The Hall–Kier alpha value is -0.120. The number of piperidine rings is 2. The molecule has 2 rings (SSSR count). The molecule has 108 valence electrons. The third-order valence-electron chi connectivity index (χ3n) is 4.22. The minimum Gasteiger partial charge on any atom is -0.311 e. The fourth-order valence-electron chi connectivity index (χ4n) is 2.92. The average molecular weight is 255 g/mol. The van der Waals surface area contributed by atoms with Crippen LogP contribution in [0.3, 0.4) is 0 Å². The van der Waals surface area contributed by atoms with Gasteiger partial charge in [0.2, 0.25) is 0 Å². The Morgan fingerprint density at radius 3 is 1.78 bits per heavy atom. The zero-order valence-electron chi connectivity index (χ0n) is 12.9. The lowest BCUT2D eigenvalue weighted by molar-refractivity contribution is 0.175.